The van der Waals surface area contributed by atoms with Crippen LogP contribution in [0.1, 0.15) is 19.4 Å². The molecule has 0 bridgehead atoms. The van der Waals surface area contributed by atoms with Gasteiger partial charge in [-0.1, -0.05) is 32.1 Å². The van der Waals surface area contributed by atoms with E-state index >= 15 is 0 Å². The van der Waals surface area contributed by atoms with Crippen molar-refractivity contribution in [2.24, 2.45) is 5.92 Å². The number of hydrogen-bond acceptors (Lipinski definition) is 4. The van der Waals surface area contributed by atoms with Crippen molar-refractivity contribution in [2.45, 2.75) is 13.8 Å². The van der Waals surface area contributed by atoms with Gasteiger partial charge in [0.25, 0.3) is 0 Å². The monoisotopic (exact) mass is 331 g/mol. The zero-order valence-corrected chi connectivity index (χ0v) is 14.9. The first-order valence-electron chi connectivity index (χ1n) is 8.05. The Morgan fingerprint density at radius 2 is 1.68 bits per heavy atom. The van der Waals surface area contributed by atoms with Crippen LogP contribution in [0.2, 0.25) is 0 Å². The topological polar surface area (TPSA) is 60.0 Å². The molecule has 1 aliphatic rings. The first kappa shape index (κ1) is 18.1. The van der Waals surface area contributed by atoms with E-state index in [0.717, 1.165) is 17.0 Å². The van der Waals surface area contributed by atoms with Gasteiger partial charge >= 0.3 is 0 Å². The Morgan fingerprint density at radius 3 is 2.20 bits per heavy atom. The summed E-state index contributed by atoms with van der Waals surface area (Å²) in [5, 5.41) is 18.2. The smallest absolute Gasteiger partial charge is 0.137 e. The lowest BCUT2D eigenvalue weighted by Crippen LogP contribution is -2.07. The van der Waals surface area contributed by atoms with Crippen molar-refractivity contribution in [3.63, 3.8) is 0 Å². The Kier molecular flexibility index (Phi) is 5.82. The van der Waals surface area contributed by atoms with Crippen LogP contribution < -0.4 is 4.90 Å². The first-order chi connectivity index (χ1) is 11.9. The maximum Gasteiger partial charge on any atom is 0.137 e. The molecule has 0 saturated heterocycles. The van der Waals surface area contributed by atoms with E-state index in [0.29, 0.717) is 11.3 Å². The van der Waals surface area contributed by atoms with E-state index in [2.05, 4.69) is 0 Å². The highest BCUT2D eigenvalue weighted by Gasteiger charge is 2.15. The molecule has 0 spiro atoms. The molecule has 1 aromatic rings. The molecule has 0 unspecified atom stereocenters. The highest BCUT2D eigenvalue weighted by atomic mass is 16.5. The second kappa shape index (κ2) is 8.04. The summed E-state index contributed by atoms with van der Waals surface area (Å²) in [6, 6.07) is 12.0. The predicted molar refractivity (Wildman–Crippen MR) is 100 cm³/mol. The van der Waals surface area contributed by atoms with Gasteiger partial charge in [-0.15, -0.1) is 0 Å². The standard InChI is InChI=1S/C21H21N3O/c1-15(2)21-12-17(18(13-22)14-23)11-20(25-21)10-7-16-5-8-19(9-6-16)24(3)4/h5-12,15H,1-4H3. The molecule has 2 rings (SSSR count). The summed E-state index contributed by atoms with van der Waals surface area (Å²) in [5.41, 5.74) is 2.85. The molecule has 4 heteroatoms. The largest absolute Gasteiger partial charge is 0.461 e. The lowest BCUT2D eigenvalue weighted by Gasteiger charge is -2.19. The van der Waals surface area contributed by atoms with E-state index in [1.807, 2.05) is 81.4 Å². The van der Waals surface area contributed by atoms with Crippen LogP contribution in [0.5, 0.6) is 0 Å². The zero-order valence-electron chi connectivity index (χ0n) is 14.9. The molecule has 0 radical (unpaired) electrons. The Hall–Kier alpha value is -3.24. The van der Waals surface area contributed by atoms with Crippen LogP contribution in [0.3, 0.4) is 0 Å². The number of hydrogen-bond donors (Lipinski definition) is 0. The minimum Gasteiger partial charge on any atom is -0.461 e. The SMILES string of the molecule is CC(C)C1=CC(=C(C#N)C#N)C=C(C=Cc2ccc(N(C)C)cc2)O1. The quantitative estimate of drug-likeness (QED) is 0.759. The second-order valence-corrected chi connectivity index (χ2v) is 6.22. The lowest BCUT2D eigenvalue weighted by molar-refractivity contribution is 0.275. The van der Waals surface area contributed by atoms with Crippen molar-refractivity contribution in [2.75, 3.05) is 19.0 Å². The summed E-state index contributed by atoms with van der Waals surface area (Å²) in [6.07, 6.45) is 7.28. The number of anilines is 1. The molecule has 0 amide bonds. The van der Waals surface area contributed by atoms with Gasteiger partial charge in [0.15, 0.2) is 0 Å². The molecular formula is C21H21N3O. The highest BCUT2D eigenvalue weighted by molar-refractivity contribution is 5.59. The van der Waals surface area contributed by atoms with E-state index in [4.69, 9.17) is 15.3 Å². The van der Waals surface area contributed by atoms with Gasteiger partial charge in [0.1, 0.15) is 29.2 Å². The van der Waals surface area contributed by atoms with Gasteiger partial charge in [0.2, 0.25) is 0 Å². The molecule has 0 fully saturated rings. The molecule has 1 aromatic carbocycles. The van der Waals surface area contributed by atoms with Crippen molar-refractivity contribution < 1.29 is 4.74 Å². The van der Waals surface area contributed by atoms with Gasteiger partial charge in [-0.05, 0) is 35.9 Å². The number of ether oxygens (including phenoxy) is 1. The maximum absolute atomic E-state index is 9.12. The summed E-state index contributed by atoms with van der Waals surface area (Å²) in [4.78, 5) is 2.04. The van der Waals surface area contributed by atoms with Crippen LogP contribution in [0, 0.1) is 28.6 Å². The normalized spacial score (nSPS) is 13.6. The average Bonchev–Trinajstić information content (AvgIpc) is 2.61. The van der Waals surface area contributed by atoms with Crippen LogP contribution in [0.25, 0.3) is 6.08 Å². The van der Waals surface area contributed by atoms with Gasteiger partial charge in [-0.25, -0.2) is 0 Å². The summed E-state index contributed by atoms with van der Waals surface area (Å²) < 4.78 is 5.88. The minimum absolute atomic E-state index is 0.0858. The molecule has 0 aliphatic carbocycles. The minimum atomic E-state index is 0.0858. The molecular weight excluding hydrogens is 310 g/mol. The van der Waals surface area contributed by atoms with Gasteiger partial charge < -0.3 is 9.64 Å². The molecule has 0 aromatic heterocycles. The Balaban J connectivity index is 2.30. The van der Waals surface area contributed by atoms with Gasteiger partial charge in [-0.3, -0.25) is 0 Å². The number of rotatable bonds is 4. The molecule has 25 heavy (non-hydrogen) atoms. The number of allylic oxidation sites excluding steroid dienone is 6. The average molecular weight is 331 g/mol. The first-order valence-corrected chi connectivity index (χ1v) is 8.05. The third-order valence-corrected chi connectivity index (χ3v) is 3.76. The fourth-order valence-corrected chi connectivity index (χ4v) is 2.27. The van der Waals surface area contributed by atoms with Crippen LogP contribution in [0.15, 0.2) is 65.2 Å². The van der Waals surface area contributed by atoms with E-state index in [1.165, 1.54) is 0 Å². The molecule has 4 nitrogen and oxygen atoms in total. The third kappa shape index (κ3) is 4.62. The van der Waals surface area contributed by atoms with Gasteiger partial charge in [-0.2, -0.15) is 10.5 Å². The van der Waals surface area contributed by atoms with Crippen molar-refractivity contribution in [1.29, 1.82) is 10.5 Å². The summed E-state index contributed by atoms with van der Waals surface area (Å²) in [5.74, 6) is 1.51. The Labute approximate surface area is 149 Å². The fourth-order valence-electron chi connectivity index (χ4n) is 2.27. The molecule has 0 N–H and O–H groups in total. The highest BCUT2D eigenvalue weighted by Crippen LogP contribution is 2.27. The summed E-state index contributed by atoms with van der Waals surface area (Å²) in [6.45, 7) is 4.02. The Bertz CT molecular complexity index is 823. The second-order valence-electron chi connectivity index (χ2n) is 6.22. The van der Waals surface area contributed by atoms with Crippen molar-refractivity contribution in [3.05, 3.63) is 70.7 Å². The zero-order chi connectivity index (χ0) is 18.4. The van der Waals surface area contributed by atoms with E-state index in [-0.39, 0.29) is 11.5 Å². The van der Waals surface area contributed by atoms with Crippen molar-refractivity contribution >= 4 is 11.8 Å². The van der Waals surface area contributed by atoms with Crippen LogP contribution in [-0.4, -0.2) is 14.1 Å². The van der Waals surface area contributed by atoms with E-state index in [1.54, 1.807) is 12.2 Å². The molecule has 126 valence electrons. The van der Waals surface area contributed by atoms with E-state index < -0.39 is 0 Å². The van der Waals surface area contributed by atoms with Gasteiger partial charge in [0, 0.05) is 31.3 Å². The Morgan fingerprint density at radius 1 is 1.04 bits per heavy atom. The summed E-state index contributed by atoms with van der Waals surface area (Å²) >= 11 is 0. The lowest BCUT2D eigenvalue weighted by atomic mass is 10.0. The maximum atomic E-state index is 9.12. The van der Waals surface area contributed by atoms with Crippen molar-refractivity contribution in [1.82, 2.24) is 0 Å². The van der Waals surface area contributed by atoms with E-state index in [9.17, 15) is 0 Å². The molecule has 0 atom stereocenters. The predicted octanol–water partition coefficient (Wildman–Crippen LogP) is 4.56. The van der Waals surface area contributed by atoms with Crippen molar-refractivity contribution in [3.8, 4) is 12.1 Å². The van der Waals surface area contributed by atoms with Crippen LogP contribution in [0.4, 0.5) is 5.69 Å². The molecule has 1 heterocycles. The van der Waals surface area contributed by atoms with Gasteiger partial charge in [0.05, 0.1) is 0 Å². The number of nitrogens with zero attached hydrogens (tertiary/aromatic N) is 3. The molecule has 1 aliphatic heterocycles. The van der Waals surface area contributed by atoms with Crippen LogP contribution in [-0.2, 0) is 4.74 Å². The third-order valence-electron chi connectivity index (χ3n) is 3.76. The summed E-state index contributed by atoms with van der Waals surface area (Å²) in [7, 11) is 4.00. The fraction of sp³-hybridized carbons (Fsp3) is 0.238. The molecule has 0 saturated carbocycles. The number of nitriles is 2. The van der Waals surface area contributed by atoms with Crippen LogP contribution >= 0.6 is 0 Å². The number of benzene rings is 1.